The highest BCUT2D eigenvalue weighted by atomic mass is 35.5. The summed E-state index contributed by atoms with van der Waals surface area (Å²) in [4.78, 5) is 25.5. The van der Waals surface area contributed by atoms with Gasteiger partial charge in [0.15, 0.2) is 5.78 Å². The molecule has 0 amide bonds. The lowest BCUT2D eigenvalue weighted by Gasteiger charge is -2.13. The zero-order valence-corrected chi connectivity index (χ0v) is 16.7. The Labute approximate surface area is 172 Å². The van der Waals surface area contributed by atoms with Gasteiger partial charge in [-0.25, -0.2) is 0 Å². The van der Waals surface area contributed by atoms with Crippen LogP contribution in [0.1, 0.15) is 15.9 Å². The van der Waals surface area contributed by atoms with E-state index in [4.69, 9.17) is 16.3 Å². The second-order valence-corrected chi connectivity index (χ2v) is 7.19. The van der Waals surface area contributed by atoms with E-state index >= 15 is 0 Å². The van der Waals surface area contributed by atoms with Gasteiger partial charge in [0.05, 0.1) is 12.6 Å². The Bertz CT molecular complexity index is 1290. The summed E-state index contributed by atoms with van der Waals surface area (Å²) in [5, 5.41) is 1.40. The highest BCUT2D eigenvalue weighted by Crippen LogP contribution is 2.30. The van der Waals surface area contributed by atoms with E-state index in [-0.39, 0.29) is 11.3 Å². The van der Waals surface area contributed by atoms with E-state index in [1.807, 2.05) is 36.4 Å². The lowest BCUT2D eigenvalue weighted by Crippen LogP contribution is -2.16. The average Bonchev–Trinajstić information content (AvgIpc) is 2.76. The van der Waals surface area contributed by atoms with Crippen LogP contribution in [0.2, 0.25) is 5.02 Å². The van der Waals surface area contributed by atoms with E-state index in [1.165, 1.54) is 0 Å². The molecule has 0 atom stereocenters. The van der Waals surface area contributed by atoms with Crippen LogP contribution in [0.5, 0.6) is 5.75 Å². The quantitative estimate of drug-likeness (QED) is 0.445. The average molecular weight is 404 g/mol. The van der Waals surface area contributed by atoms with Gasteiger partial charge in [-0.1, -0.05) is 23.7 Å². The number of aromatic nitrogens is 1. The van der Waals surface area contributed by atoms with Crippen LogP contribution in [0.25, 0.3) is 22.0 Å². The normalized spacial score (nSPS) is 10.9. The molecule has 4 aromatic rings. The van der Waals surface area contributed by atoms with E-state index in [1.54, 1.807) is 55.1 Å². The summed E-state index contributed by atoms with van der Waals surface area (Å²) in [7, 11) is 3.32. The highest BCUT2D eigenvalue weighted by Gasteiger charge is 2.14. The zero-order valence-electron chi connectivity index (χ0n) is 16.0. The number of carbonyl (C=O) groups excluding carboxylic acids is 1. The number of methoxy groups -OCH3 is 1. The maximum atomic E-state index is 13.0. The molecule has 0 fully saturated rings. The van der Waals surface area contributed by atoms with Crippen LogP contribution in [0.4, 0.5) is 0 Å². The Morgan fingerprint density at radius 2 is 1.66 bits per heavy atom. The van der Waals surface area contributed by atoms with Crippen LogP contribution in [0.15, 0.2) is 77.6 Å². The Morgan fingerprint density at radius 1 is 0.931 bits per heavy atom. The summed E-state index contributed by atoms with van der Waals surface area (Å²) in [6.07, 6.45) is 0. The first-order valence-electron chi connectivity index (χ1n) is 9.06. The van der Waals surface area contributed by atoms with E-state index in [2.05, 4.69) is 0 Å². The van der Waals surface area contributed by atoms with E-state index in [0.29, 0.717) is 21.9 Å². The first-order valence-corrected chi connectivity index (χ1v) is 9.44. The van der Waals surface area contributed by atoms with Gasteiger partial charge in [0.2, 0.25) is 0 Å². The summed E-state index contributed by atoms with van der Waals surface area (Å²) in [6.45, 7) is 0. The number of hydrogen-bond donors (Lipinski definition) is 0. The molecular weight excluding hydrogens is 386 g/mol. The molecule has 5 heteroatoms. The molecule has 0 bridgehead atoms. The van der Waals surface area contributed by atoms with Crippen LogP contribution >= 0.6 is 11.6 Å². The molecule has 0 aliphatic heterocycles. The van der Waals surface area contributed by atoms with E-state index < -0.39 is 0 Å². The van der Waals surface area contributed by atoms with Crippen molar-refractivity contribution in [3.05, 3.63) is 99.3 Å². The van der Waals surface area contributed by atoms with Gasteiger partial charge in [-0.3, -0.25) is 9.59 Å². The first-order chi connectivity index (χ1) is 14.0. The van der Waals surface area contributed by atoms with Gasteiger partial charge in [0, 0.05) is 34.6 Å². The molecule has 4 nitrogen and oxygen atoms in total. The number of aryl methyl sites for hydroxylation is 1. The van der Waals surface area contributed by atoms with Crippen molar-refractivity contribution in [2.45, 2.75) is 0 Å². The van der Waals surface area contributed by atoms with Gasteiger partial charge in [0.25, 0.3) is 5.56 Å². The minimum atomic E-state index is -0.118. The predicted molar refractivity (Wildman–Crippen MR) is 116 cm³/mol. The number of hydrogen-bond acceptors (Lipinski definition) is 3. The predicted octanol–water partition coefficient (Wildman–Crippen LogP) is 5.10. The molecule has 3 aromatic carbocycles. The number of nitrogens with zero attached hydrogens (tertiary/aromatic N) is 1. The number of ketones is 1. The van der Waals surface area contributed by atoms with Gasteiger partial charge in [-0.15, -0.1) is 0 Å². The summed E-state index contributed by atoms with van der Waals surface area (Å²) >= 11 is 5.93. The number of carbonyl (C=O) groups is 1. The maximum Gasteiger partial charge on any atom is 0.251 e. The van der Waals surface area contributed by atoms with E-state index in [9.17, 15) is 9.59 Å². The van der Waals surface area contributed by atoms with Crippen LogP contribution in [-0.2, 0) is 7.05 Å². The topological polar surface area (TPSA) is 48.3 Å². The SMILES string of the molecule is COc1cccc(-c2cc(=O)n(C)c3ccc(C(=O)c4ccc(Cl)cc4)cc23)c1. The van der Waals surface area contributed by atoms with Crippen LogP contribution in [0.3, 0.4) is 0 Å². The van der Waals surface area contributed by atoms with Gasteiger partial charge in [0.1, 0.15) is 5.75 Å². The van der Waals surface area contributed by atoms with Gasteiger partial charge in [-0.2, -0.15) is 0 Å². The largest absolute Gasteiger partial charge is 0.497 e. The molecule has 144 valence electrons. The maximum absolute atomic E-state index is 13.0. The molecule has 0 saturated carbocycles. The fraction of sp³-hybridized carbons (Fsp3) is 0.0833. The molecule has 4 rings (SSSR count). The number of fused-ring (bicyclic) bond motifs is 1. The summed E-state index contributed by atoms with van der Waals surface area (Å²) in [5.74, 6) is 0.596. The molecule has 0 N–H and O–H groups in total. The van der Waals surface area contributed by atoms with Crippen molar-refractivity contribution in [3.8, 4) is 16.9 Å². The molecule has 0 radical (unpaired) electrons. The molecule has 0 unspecified atom stereocenters. The monoisotopic (exact) mass is 403 g/mol. The second-order valence-electron chi connectivity index (χ2n) is 6.76. The van der Waals surface area contributed by atoms with Crippen LogP contribution < -0.4 is 10.3 Å². The number of benzene rings is 3. The molecule has 0 aliphatic rings. The first kappa shape index (κ1) is 19.0. The third-order valence-electron chi connectivity index (χ3n) is 5.00. The van der Waals surface area contributed by atoms with Crippen molar-refractivity contribution in [1.82, 2.24) is 4.57 Å². The van der Waals surface area contributed by atoms with Gasteiger partial charge in [-0.05, 0) is 65.7 Å². The molecule has 29 heavy (non-hydrogen) atoms. The molecule has 0 saturated heterocycles. The number of pyridine rings is 1. The summed E-state index contributed by atoms with van der Waals surface area (Å²) < 4.78 is 6.90. The molecule has 1 heterocycles. The smallest absolute Gasteiger partial charge is 0.251 e. The third kappa shape index (κ3) is 3.55. The summed E-state index contributed by atoms with van der Waals surface area (Å²) in [6, 6.07) is 21.3. The van der Waals surface area contributed by atoms with Crippen molar-refractivity contribution in [2.75, 3.05) is 7.11 Å². The van der Waals surface area contributed by atoms with Crippen LogP contribution in [0, 0.1) is 0 Å². The Kier molecular flexibility index (Phi) is 4.95. The highest BCUT2D eigenvalue weighted by molar-refractivity contribution is 6.30. The number of halogens is 1. The number of rotatable bonds is 4. The Balaban J connectivity index is 1.93. The fourth-order valence-corrected chi connectivity index (χ4v) is 3.53. The minimum Gasteiger partial charge on any atom is -0.497 e. The van der Waals surface area contributed by atoms with E-state index in [0.717, 1.165) is 22.0 Å². The Hall–Kier alpha value is -3.37. The van der Waals surface area contributed by atoms with Crippen LogP contribution in [-0.4, -0.2) is 17.5 Å². The third-order valence-corrected chi connectivity index (χ3v) is 5.25. The fourth-order valence-electron chi connectivity index (χ4n) is 3.40. The van der Waals surface area contributed by atoms with Crippen molar-refractivity contribution >= 4 is 28.3 Å². The zero-order chi connectivity index (χ0) is 20.5. The standard InChI is InChI=1S/C24H18ClNO3/c1-26-22-11-8-17(24(28)15-6-9-18(25)10-7-15)13-21(22)20(14-23(26)27)16-4-3-5-19(12-16)29-2/h3-14H,1-2H3. The van der Waals surface area contributed by atoms with Crippen molar-refractivity contribution in [1.29, 1.82) is 0 Å². The lowest BCUT2D eigenvalue weighted by molar-refractivity contribution is 0.103. The van der Waals surface area contributed by atoms with Gasteiger partial charge >= 0.3 is 0 Å². The molecule has 0 aliphatic carbocycles. The van der Waals surface area contributed by atoms with Gasteiger partial charge < -0.3 is 9.30 Å². The van der Waals surface area contributed by atoms with Crippen molar-refractivity contribution in [3.63, 3.8) is 0 Å². The Morgan fingerprint density at radius 3 is 2.38 bits per heavy atom. The molecule has 0 spiro atoms. The summed E-state index contributed by atoms with van der Waals surface area (Å²) in [5.41, 5.74) is 3.34. The van der Waals surface area contributed by atoms with Crippen molar-refractivity contribution < 1.29 is 9.53 Å². The van der Waals surface area contributed by atoms with Crippen molar-refractivity contribution in [2.24, 2.45) is 7.05 Å². The second kappa shape index (κ2) is 7.57. The lowest BCUT2D eigenvalue weighted by atomic mass is 9.96. The minimum absolute atomic E-state index is 0.103. The molecule has 1 aromatic heterocycles. The number of ether oxygens (including phenoxy) is 1. The molecular formula is C24H18ClNO3.